The van der Waals surface area contributed by atoms with Crippen LogP contribution in [0.15, 0.2) is 181 Å². The van der Waals surface area contributed by atoms with Gasteiger partial charge in [0.2, 0.25) is 5.96 Å². The van der Waals surface area contributed by atoms with Gasteiger partial charge in [0, 0.05) is 27.2 Å². The van der Waals surface area contributed by atoms with Crippen molar-refractivity contribution < 1.29 is 0 Å². The minimum absolute atomic E-state index is 0.169. The second-order valence-corrected chi connectivity index (χ2v) is 12.9. The highest BCUT2D eigenvalue weighted by molar-refractivity contribution is 6.30. The Morgan fingerprint density at radius 3 is 1.60 bits per heavy atom. The van der Waals surface area contributed by atoms with Gasteiger partial charge in [-0.15, -0.1) is 0 Å². The molecule has 0 aliphatic carbocycles. The average molecular weight is 644 g/mol. The molecule has 2 N–H and O–H groups in total. The van der Waals surface area contributed by atoms with Crippen LogP contribution in [0.2, 0.25) is 0 Å². The molecule has 1 aliphatic rings. The molecule has 238 valence electrons. The summed E-state index contributed by atoms with van der Waals surface area (Å²) in [5.41, 5.74) is 10.4. The third kappa shape index (κ3) is 4.55. The fourth-order valence-corrected chi connectivity index (χ4v) is 7.73. The first-order valence-electron chi connectivity index (χ1n) is 17.1. The summed E-state index contributed by atoms with van der Waals surface area (Å²) in [6, 6.07) is 62.5. The number of nitrogens with zero attached hydrogens (tertiary/aromatic N) is 3. The highest BCUT2D eigenvalue weighted by atomic mass is 15.4. The van der Waals surface area contributed by atoms with Crippen LogP contribution in [-0.2, 0) is 0 Å². The van der Waals surface area contributed by atoms with Crippen molar-refractivity contribution in [2.24, 2.45) is 4.99 Å². The lowest BCUT2D eigenvalue weighted by Crippen LogP contribution is -2.47. The minimum Gasteiger partial charge on any atom is -0.336 e. The Bertz CT molecular complexity index is 2690. The van der Waals surface area contributed by atoms with Gasteiger partial charge in [-0.1, -0.05) is 140 Å². The van der Waals surface area contributed by atoms with Crippen molar-refractivity contribution in [1.82, 2.24) is 19.8 Å². The molecule has 2 aromatic heterocycles. The Hall–Kier alpha value is -6.43. The van der Waals surface area contributed by atoms with Crippen molar-refractivity contribution in [3.8, 4) is 16.8 Å². The first-order chi connectivity index (χ1) is 24.8. The largest absolute Gasteiger partial charge is 0.336 e. The lowest BCUT2D eigenvalue weighted by atomic mass is 10.0. The van der Waals surface area contributed by atoms with Gasteiger partial charge >= 0.3 is 0 Å². The maximum absolute atomic E-state index is 5.38. The van der Waals surface area contributed by atoms with Gasteiger partial charge in [-0.2, -0.15) is 0 Å². The van der Waals surface area contributed by atoms with Crippen molar-refractivity contribution in [2.45, 2.75) is 12.3 Å². The van der Waals surface area contributed by atoms with Gasteiger partial charge in [-0.3, -0.25) is 9.88 Å². The maximum Gasteiger partial charge on any atom is 0.206 e. The zero-order valence-electron chi connectivity index (χ0n) is 27.2. The summed E-state index contributed by atoms with van der Waals surface area (Å²) in [5, 5.41) is 12.5. The van der Waals surface area contributed by atoms with E-state index in [-0.39, 0.29) is 12.3 Å². The molecule has 0 bridgehead atoms. The van der Waals surface area contributed by atoms with Gasteiger partial charge in [0.1, 0.15) is 12.3 Å². The molecule has 10 rings (SSSR count). The molecule has 0 spiro atoms. The molecule has 50 heavy (non-hydrogen) atoms. The van der Waals surface area contributed by atoms with E-state index in [1.807, 2.05) is 0 Å². The number of aromatic nitrogens is 2. The molecule has 1 aliphatic heterocycles. The Balaban J connectivity index is 1.19. The topological polar surface area (TPSA) is 46.3 Å². The summed E-state index contributed by atoms with van der Waals surface area (Å²) in [5.74, 6) is 0.812. The molecule has 5 nitrogen and oxygen atoms in total. The average Bonchev–Trinajstić information content (AvgIpc) is 3.72. The van der Waals surface area contributed by atoms with Crippen molar-refractivity contribution in [1.29, 1.82) is 0 Å². The first kappa shape index (κ1) is 28.6. The molecule has 0 fully saturated rings. The first-order valence-corrected chi connectivity index (χ1v) is 17.1. The fraction of sp³-hybridized carbons (Fsp3) is 0.0444. The van der Waals surface area contributed by atoms with Crippen molar-refractivity contribution in [3.05, 3.63) is 187 Å². The summed E-state index contributed by atoms with van der Waals surface area (Å²) < 4.78 is 4.71. The summed E-state index contributed by atoms with van der Waals surface area (Å²) in [6.45, 7) is 0. The van der Waals surface area contributed by atoms with Crippen molar-refractivity contribution in [2.75, 3.05) is 0 Å². The van der Waals surface area contributed by atoms with Crippen LogP contribution in [-0.4, -0.2) is 15.1 Å². The smallest absolute Gasteiger partial charge is 0.206 e. The van der Waals surface area contributed by atoms with Crippen molar-refractivity contribution >= 4 is 49.6 Å². The number of hydrogen-bond acceptors (Lipinski definition) is 3. The third-order valence-corrected chi connectivity index (χ3v) is 10.0. The summed E-state index contributed by atoms with van der Waals surface area (Å²) in [6.07, 6.45) is -0.413. The van der Waals surface area contributed by atoms with Gasteiger partial charge in [-0.05, 0) is 58.7 Å². The molecule has 2 atom stereocenters. The summed E-state index contributed by atoms with van der Waals surface area (Å²) in [4.78, 5) is 5.38. The molecular formula is C45H33N5. The van der Waals surface area contributed by atoms with E-state index in [1.54, 1.807) is 0 Å². The van der Waals surface area contributed by atoms with E-state index in [0.717, 1.165) is 33.8 Å². The Morgan fingerprint density at radius 2 is 0.940 bits per heavy atom. The number of rotatable bonds is 4. The van der Waals surface area contributed by atoms with Crippen LogP contribution >= 0.6 is 0 Å². The quantitative estimate of drug-likeness (QED) is 0.200. The molecule has 0 amide bonds. The van der Waals surface area contributed by atoms with Crippen LogP contribution < -0.4 is 10.6 Å². The van der Waals surface area contributed by atoms with E-state index in [4.69, 9.17) is 4.99 Å². The van der Waals surface area contributed by atoms with Gasteiger partial charge < -0.3 is 9.88 Å². The molecule has 0 radical (unpaired) electrons. The monoisotopic (exact) mass is 643 g/mol. The predicted molar refractivity (Wildman–Crippen MR) is 207 cm³/mol. The SMILES string of the molecule is c1ccc(-c2ccc(C3NC(n4c5ccccc5c5c6c7ccccc7n(-c7ccccc7)c6ccc54)=NC(c4ccccc4)N3)cc2)cc1. The lowest BCUT2D eigenvalue weighted by Gasteiger charge is -2.32. The normalized spacial score (nSPS) is 16.2. The fourth-order valence-electron chi connectivity index (χ4n) is 7.73. The van der Waals surface area contributed by atoms with Crippen molar-refractivity contribution in [3.63, 3.8) is 0 Å². The second kappa shape index (κ2) is 11.6. The zero-order chi connectivity index (χ0) is 33.0. The van der Waals surface area contributed by atoms with Crippen LogP contribution in [0.1, 0.15) is 23.5 Å². The van der Waals surface area contributed by atoms with Crippen LogP contribution in [0.5, 0.6) is 0 Å². The standard InChI is InChI=1S/C45H33N5/c1-4-14-30(15-5-1)31-24-26-33(27-25-31)44-46-43(32-16-6-2-7-17-32)47-45(48-44)50-38-23-13-11-21-36(38)42-40(50)29-28-39-41(42)35-20-10-12-22-37(35)49(39)34-18-8-3-9-19-34/h1-29,43-44,46H,(H,47,48). The molecule has 0 saturated carbocycles. The number of aliphatic imine (C=N–C) groups is 1. The molecule has 0 saturated heterocycles. The van der Waals surface area contributed by atoms with Crippen LogP contribution in [0, 0.1) is 0 Å². The summed E-state index contributed by atoms with van der Waals surface area (Å²) >= 11 is 0. The van der Waals surface area contributed by atoms with Gasteiger partial charge in [0.05, 0.1) is 22.1 Å². The lowest BCUT2D eigenvalue weighted by molar-refractivity contribution is 0.403. The van der Waals surface area contributed by atoms with E-state index in [0.29, 0.717) is 0 Å². The predicted octanol–water partition coefficient (Wildman–Crippen LogP) is 10.4. The Labute approximate surface area is 289 Å². The number of benzene rings is 7. The second-order valence-electron chi connectivity index (χ2n) is 12.9. The Morgan fingerprint density at radius 1 is 0.420 bits per heavy atom. The van der Waals surface area contributed by atoms with Crippen LogP contribution in [0.4, 0.5) is 0 Å². The number of hydrogen-bond donors (Lipinski definition) is 2. The van der Waals surface area contributed by atoms with E-state index < -0.39 is 0 Å². The Kier molecular flexibility index (Phi) is 6.64. The highest BCUT2D eigenvalue weighted by Crippen LogP contribution is 2.41. The van der Waals surface area contributed by atoms with Gasteiger partial charge in [0.25, 0.3) is 0 Å². The minimum atomic E-state index is -0.244. The maximum atomic E-state index is 5.38. The van der Waals surface area contributed by atoms with E-state index >= 15 is 0 Å². The molecule has 9 aromatic rings. The highest BCUT2D eigenvalue weighted by Gasteiger charge is 2.28. The molecule has 3 heterocycles. The van der Waals surface area contributed by atoms with Gasteiger partial charge in [-0.25, -0.2) is 4.99 Å². The number of fused-ring (bicyclic) bond motifs is 7. The number of para-hydroxylation sites is 3. The van der Waals surface area contributed by atoms with Crippen LogP contribution in [0.3, 0.4) is 0 Å². The van der Waals surface area contributed by atoms with Crippen LogP contribution in [0.25, 0.3) is 60.4 Å². The molecular weight excluding hydrogens is 611 g/mol. The van der Waals surface area contributed by atoms with E-state index in [9.17, 15) is 0 Å². The molecule has 7 aromatic carbocycles. The number of nitrogens with one attached hydrogen (secondary N) is 2. The molecule has 2 unspecified atom stereocenters. The van der Waals surface area contributed by atoms with Gasteiger partial charge in [0.15, 0.2) is 0 Å². The zero-order valence-corrected chi connectivity index (χ0v) is 27.2. The van der Waals surface area contributed by atoms with E-state index in [2.05, 4.69) is 196 Å². The molecule has 5 heteroatoms. The third-order valence-electron chi connectivity index (χ3n) is 10.0. The summed E-state index contributed by atoms with van der Waals surface area (Å²) in [7, 11) is 0. The van der Waals surface area contributed by atoms with E-state index in [1.165, 1.54) is 43.7 Å².